The maximum Gasteiger partial charge on any atom is 0.248 e. The summed E-state index contributed by atoms with van der Waals surface area (Å²) in [4.78, 5) is 48.7. The number of fused-ring (bicyclic) bond motifs is 1. The lowest BCUT2D eigenvalue weighted by atomic mass is 9.66. The number of hydrogen-bond acceptors (Lipinski definition) is 5. The number of aliphatic hydroxyl groups excluding tert-OH is 1. The van der Waals surface area contributed by atoms with Crippen molar-refractivity contribution in [3.63, 3.8) is 0 Å². The summed E-state index contributed by atoms with van der Waals surface area (Å²) in [7, 11) is 0. The van der Waals surface area contributed by atoms with E-state index >= 15 is 0 Å². The molecule has 0 saturated carbocycles. The van der Waals surface area contributed by atoms with Gasteiger partial charge in [0, 0.05) is 26.2 Å². The van der Waals surface area contributed by atoms with E-state index in [2.05, 4.69) is 20.1 Å². The van der Waals surface area contributed by atoms with Crippen LogP contribution in [0.15, 0.2) is 55.6 Å². The largest absolute Gasteiger partial charge is 0.394 e. The Morgan fingerprint density at radius 1 is 1.12 bits per heavy atom. The number of likely N-dealkylation sites (tertiary alicyclic amines) is 1. The highest BCUT2D eigenvalue weighted by atomic mass is 16.5. The van der Waals surface area contributed by atoms with Crippen LogP contribution in [0, 0.1) is 17.8 Å². The molecule has 1 spiro atoms. The number of amides is 3. The van der Waals surface area contributed by atoms with Crippen LogP contribution in [0.25, 0.3) is 0 Å². The van der Waals surface area contributed by atoms with Crippen molar-refractivity contribution in [3.8, 4) is 0 Å². The number of carbonyl (C=O) groups is 3. The minimum absolute atomic E-state index is 0.160. The summed E-state index contributed by atoms with van der Waals surface area (Å²) in [6.45, 7) is 17.2. The molecule has 3 fully saturated rings. The fourth-order valence-corrected chi connectivity index (χ4v) is 7.59. The molecule has 1 N–H and O–H groups in total. The monoisotopic (exact) mass is 579 g/mol. The SMILES string of the molecule is C=CCN(CCCC)C(=O)C1N([C@@H](CO)CC(C)C)C(=O)[C@@H]2[C@@H](C(=O)N(CC=C)Cc3ccccc3)[C@@]3(C)CCC12O3. The fraction of sp³-hybridized carbons (Fsp3) is 0.618. The molecule has 3 saturated heterocycles. The summed E-state index contributed by atoms with van der Waals surface area (Å²) >= 11 is 0. The molecule has 8 heteroatoms. The van der Waals surface area contributed by atoms with E-state index in [1.807, 2.05) is 51.1 Å². The van der Waals surface area contributed by atoms with Gasteiger partial charge in [0.25, 0.3) is 0 Å². The number of unbranched alkanes of at least 4 members (excludes halogenated alkanes) is 1. The first-order valence-corrected chi connectivity index (χ1v) is 15.5. The number of nitrogens with zero attached hydrogens (tertiary/aromatic N) is 3. The average Bonchev–Trinajstić information content (AvgIpc) is 3.54. The first-order valence-electron chi connectivity index (χ1n) is 15.5. The molecule has 1 aromatic rings. The summed E-state index contributed by atoms with van der Waals surface area (Å²) < 4.78 is 6.86. The van der Waals surface area contributed by atoms with Crippen LogP contribution in [-0.4, -0.2) is 87.1 Å². The van der Waals surface area contributed by atoms with Gasteiger partial charge >= 0.3 is 0 Å². The molecule has 3 amide bonds. The lowest BCUT2D eigenvalue weighted by Gasteiger charge is -2.40. The van der Waals surface area contributed by atoms with Crippen molar-refractivity contribution in [2.24, 2.45) is 17.8 Å². The third kappa shape index (κ3) is 5.68. The third-order valence-corrected chi connectivity index (χ3v) is 9.38. The van der Waals surface area contributed by atoms with Crippen LogP contribution in [0.3, 0.4) is 0 Å². The molecule has 6 atom stereocenters. The minimum atomic E-state index is -1.13. The molecular weight excluding hydrogens is 530 g/mol. The lowest BCUT2D eigenvalue weighted by molar-refractivity contribution is -0.157. The fourth-order valence-electron chi connectivity index (χ4n) is 7.59. The van der Waals surface area contributed by atoms with E-state index in [1.54, 1.807) is 26.9 Å². The minimum Gasteiger partial charge on any atom is -0.394 e. The molecule has 1 aromatic carbocycles. The van der Waals surface area contributed by atoms with Gasteiger partial charge in [0.15, 0.2) is 0 Å². The van der Waals surface area contributed by atoms with E-state index in [9.17, 15) is 19.5 Å². The second kappa shape index (κ2) is 13.1. The quantitative estimate of drug-likeness (QED) is 0.315. The Balaban J connectivity index is 1.79. The molecule has 230 valence electrons. The first kappa shape index (κ1) is 32.0. The molecule has 8 nitrogen and oxygen atoms in total. The van der Waals surface area contributed by atoms with Gasteiger partial charge in [-0.1, -0.05) is 69.7 Å². The summed E-state index contributed by atoms with van der Waals surface area (Å²) in [5.41, 5.74) is -1.03. The zero-order valence-electron chi connectivity index (χ0n) is 25.8. The molecule has 0 radical (unpaired) electrons. The summed E-state index contributed by atoms with van der Waals surface area (Å²) in [5, 5.41) is 10.6. The molecule has 4 rings (SSSR count). The molecule has 3 aliphatic rings. The molecule has 2 bridgehead atoms. The number of aliphatic hydroxyl groups is 1. The Labute approximate surface area is 251 Å². The van der Waals surface area contributed by atoms with Crippen LogP contribution >= 0.6 is 0 Å². The van der Waals surface area contributed by atoms with Gasteiger partial charge in [-0.25, -0.2) is 0 Å². The summed E-state index contributed by atoms with van der Waals surface area (Å²) in [6.07, 6.45) is 6.76. The molecule has 2 unspecified atom stereocenters. The predicted octanol–water partition coefficient (Wildman–Crippen LogP) is 4.19. The van der Waals surface area contributed by atoms with Crippen molar-refractivity contribution in [1.29, 1.82) is 0 Å². The van der Waals surface area contributed by atoms with Crippen molar-refractivity contribution in [3.05, 3.63) is 61.2 Å². The van der Waals surface area contributed by atoms with Crippen LogP contribution < -0.4 is 0 Å². The number of rotatable bonds is 15. The van der Waals surface area contributed by atoms with Gasteiger partial charge in [-0.05, 0) is 44.1 Å². The highest BCUT2D eigenvalue weighted by molar-refractivity contribution is 5.99. The smallest absolute Gasteiger partial charge is 0.248 e. The maximum atomic E-state index is 14.6. The number of ether oxygens (including phenoxy) is 1. The van der Waals surface area contributed by atoms with E-state index in [0.29, 0.717) is 45.4 Å². The second-order valence-electron chi connectivity index (χ2n) is 12.9. The van der Waals surface area contributed by atoms with E-state index in [1.165, 1.54) is 0 Å². The van der Waals surface area contributed by atoms with E-state index in [0.717, 1.165) is 18.4 Å². The average molecular weight is 580 g/mol. The summed E-state index contributed by atoms with van der Waals surface area (Å²) in [6, 6.07) is 8.30. The molecule has 42 heavy (non-hydrogen) atoms. The Bertz CT molecular complexity index is 1160. The molecule has 3 aliphatic heterocycles. The van der Waals surface area contributed by atoms with Crippen molar-refractivity contribution < 1.29 is 24.2 Å². The van der Waals surface area contributed by atoms with Gasteiger partial charge in [0.1, 0.15) is 11.6 Å². The topological polar surface area (TPSA) is 90.4 Å². The van der Waals surface area contributed by atoms with Crippen LogP contribution in [0.1, 0.15) is 65.4 Å². The van der Waals surface area contributed by atoms with E-state index < -0.39 is 35.1 Å². The van der Waals surface area contributed by atoms with E-state index in [-0.39, 0.29) is 30.2 Å². The van der Waals surface area contributed by atoms with Crippen molar-refractivity contribution in [2.75, 3.05) is 26.2 Å². The van der Waals surface area contributed by atoms with Gasteiger partial charge in [-0.15, -0.1) is 13.2 Å². The van der Waals surface area contributed by atoms with Gasteiger partial charge in [0.2, 0.25) is 17.7 Å². The Hall–Kier alpha value is -2.97. The van der Waals surface area contributed by atoms with Gasteiger partial charge < -0.3 is 24.5 Å². The molecular formula is C34H49N3O5. The Morgan fingerprint density at radius 2 is 1.79 bits per heavy atom. The van der Waals surface area contributed by atoms with Crippen LogP contribution in [-0.2, 0) is 25.7 Å². The number of hydrogen-bond donors (Lipinski definition) is 1. The van der Waals surface area contributed by atoms with Crippen LogP contribution in [0.2, 0.25) is 0 Å². The highest BCUT2D eigenvalue weighted by Gasteiger charge is 2.78. The normalized spacial score (nSPS) is 28.6. The lowest BCUT2D eigenvalue weighted by Crippen LogP contribution is -2.59. The van der Waals surface area contributed by atoms with E-state index in [4.69, 9.17) is 4.74 Å². The molecule has 0 aromatic heterocycles. The zero-order chi connectivity index (χ0) is 30.7. The predicted molar refractivity (Wildman–Crippen MR) is 163 cm³/mol. The number of benzene rings is 1. The Kier molecular flexibility index (Phi) is 9.99. The first-order chi connectivity index (χ1) is 20.1. The van der Waals surface area contributed by atoms with Gasteiger partial charge in [0.05, 0.1) is 30.1 Å². The second-order valence-corrected chi connectivity index (χ2v) is 12.9. The van der Waals surface area contributed by atoms with Crippen molar-refractivity contribution >= 4 is 17.7 Å². The van der Waals surface area contributed by atoms with Crippen LogP contribution in [0.5, 0.6) is 0 Å². The number of carbonyl (C=O) groups excluding carboxylic acids is 3. The third-order valence-electron chi connectivity index (χ3n) is 9.38. The highest BCUT2D eigenvalue weighted by Crippen LogP contribution is 2.64. The van der Waals surface area contributed by atoms with Gasteiger partial charge in [-0.2, -0.15) is 0 Å². The Morgan fingerprint density at radius 3 is 2.38 bits per heavy atom. The molecule has 3 heterocycles. The van der Waals surface area contributed by atoms with Crippen molar-refractivity contribution in [2.45, 2.75) is 89.6 Å². The van der Waals surface area contributed by atoms with Crippen LogP contribution in [0.4, 0.5) is 0 Å². The van der Waals surface area contributed by atoms with Crippen molar-refractivity contribution in [1.82, 2.24) is 14.7 Å². The zero-order valence-corrected chi connectivity index (χ0v) is 25.8. The maximum absolute atomic E-state index is 14.6. The molecule has 0 aliphatic carbocycles. The standard InChI is InChI=1S/C34H49N3O5/c1-7-10-20-35(18-8-2)32(41)29-34-17-16-33(6,42-34)27(28(34)31(40)37(29)26(23-38)21-24(4)5)30(39)36(19-9-3)22-25-14-12-11-13-15-25/h8-9,11-15,24,26-29,38H,2-3,7,10,16-23H2,1,4-6H3/t26-,27+,28+,29?,33-,34?/m1/s1. The van der Waals surface area contributed by atoms with Gasteiger partial charge in [-0.3, -0.25) is 14.4 Å². The summed E-state index contributed by atoms with van der Waals surface area (Å²) in [5.74, 6) is -1.97.